The van der Waals surface area contributed by atoms with Gasteiger partial charge in [-0.1, -0.05) is 54.6 Å². The van der Waals surface area contributed by atoms with Crippen LogP contribution < -0.4 is 0 Å². The van der Waals surface area contributed by atoms with Gasteiger partial charge in [-0.05, 0) is 48.9 Å². The maximum atomic E-state index is 11.0. The lowest BCUT2D eigenvalue weighted by Gasteiger charge is -2.36. The third kappa shape index (κ3) is 2.96. The quantitative estimate of drug-likeness (QED) is 0.836. The van der Waals surface area contributed by atoms with Gasteiger partial charge in [0, 0.05) is 5.41 Å². The lowest BCUT2D eigenvalue weighted by molar-refractivity contribution is 0.0697. The second-order valence-electron chi connectivity index (χ2n) is 6.04. The van der Waals surface area contributed by atoms with Gasteiger partial charge < -0.3 is 5.11 Å². The van der Waals surface area contributed by atoms with Crippen molar-refractivity contribution >= 4 is 5.97 Å². The Kier molecular flexibility index (Phi) is 4.10. The van der Waals surface area contributed by atoms with Crippen LogP contribution in [0.1, 0.15) is 40.7 Å². The highest BCUT2D eigenvalue weighted by Gasteiger charge is 2.32. The normalized spacial score (nSPS) is 20.7. The molecule has 0 radical (unpaired) electrons. The molecule has 2 aromatic carbocycles. The zero-order valence-electron chi connectivity index (χ0n) is 12.5. The fraction of sp³-hybridized carbons (Fsp3) is 0.250. The van der Waals surface area contributed by atoms with Gasteiger partial charge in [-0.25, -0.2) is 4.79 Å². The van der Waals surface area contributed by atoms with Gasteiger partial charge in [-0.3, -0.25) is 0 Å². The van der Waals surface area contributed by atoms with Crippen molar-refractivity contribution in [1.29, 1.82) is 0 Å². The van der Waals surface area contributed by atoms with Gasteiger partial charge in [-0.2, -0.15) is 0 Å². The molecule has 0 amide bonds. The van der Waals surface area contributed by atoms with Gasteiger partial charge in [0.15, 0.2) is 0 Å². The molecule has 0 spiro atoms. The van der Waals surface area contributed by atoms with Crippen LogP contribution in [0.4, 0.5) is 0 Å². The Morgan fingerprint density at radius 2 is 1.73 bits per heavy atom. The van der Waals surface area contributed by atoms with Crippen molar-refractivity contribution in [3.05, 3.63) is 83.4 Å². The molecule has 1 N–H and O–H groups in total. The van der Waals surface area contributed by atoms with Crippen LogP contribution in [0.5, 0.6) is 0 Å². The number of hydrogen-bond acceptors (Lipinski definition) is 1. The summed E-state index contributed by atoms with van der Waals surface area (Å²) in [6.45, 7) is 0. The lowest BCUT2D eigenvalue weighted by atomic mass is 9.68. The molecule has 3 rings (SSSR count). The number of carboxylic acid groups (broad SMARTS) is 1. The second-order valence-corrected chi connectivity index (χ2v) is 6.04. The highest BCUT2D eigenvalue weighted by molar-refractivity contribution is 5.87. The van der Waals surface area contributed by atoms with Crippen molar-refractivity contribution in [1.82, 2.24) is 0 Å². The SMILES string of the molecule is O=C(O)c1ccc(C2(Cc3ccccc3)CC=CCC2)cc1. The maximum absolute atomic E-state index is 11.0. The Labute approximate surface area is 131 Å². The van der Waals surface area contributed by atoms with Crippen LogP contribution in [-0.2, 0) is 11.8 Å². The third-order valence-electron chi connectivity index (χ3n) is 4.59. The Morgan fingerprint density at radius 1 is 1.00 bits per heavy atom. The molecular weight excluding hydrogens is 272 g/mol. The second kappa shape index (κ2) is 6.18. The highest BCUT2D eigenvalue weighted by Crippen LogP contribution is 2.39. The molecule has 2 heteroatoms. The van der Waals surface area contributed by atoms with Gasteiger partial charge in [0.05, 0.1) is 5.56 Å². The van der Waals surface area contributed by atoms with E-state index >= 15 is 0 Å². The fourth-order valence-electron chi connectivity index (χ4n) is 3.37. The molecule has 1 aliphatic carbocycles. The largest absolute Gasteiger partial charge is 0.478 e. The van der Waals surface area contributed by atoms with E-state index in [1.54, 1.807) is 12.1 Å². The average Bonchev–Trinajstić information content (AvgIpc) is 2.57. The minimum atomic E-state index is -0.868. The predicted molar refractivity (Wildman–Crippen MR) is 88.2 cm³/mol. The highest BCUT2D eigenvalue weighted by atomic mass is 16.4. The molecule has 0 saturated heterocycles. The number of allylic oxidation sites excluding steroid dienone is 2. The first-order valence-electron chi connectivity index (χ1n) is 7.72. The van der Waals surface area contributed by atoms with Crippen LogP contribution in [-0.4, -0.2) is 11.1 Å². The van der Waals surface area contributed by atoms with E-state index in [1.807, 2.05) is 18.2 Å². The van der Waals surface area contributed by atoms with Gasteiger partial charge in [0.25, 0.3) is 0 Å². The van der Waals surface area contributed by atoms with Crippen LogP contribution in [0.3, 0.4) is 0 Å². The van der Waals surface area contributed by atoms with Crippen molar-refractivity contribution in [3.8, 4) is 0 Å². The van der Waals surface area contributed by atoms with E-state index < -0.39 is 5.97 Å². The zero-order chi connectivity index (χ0) is 15.4. The van der Waals surface area contributed by atoms with E-state index in [9.17, 15) is 4.79 Å². The Balaban J connectivity index is 1.95. The first-order valence-corrected chi connectivity index (χ1v) is 7.72. The standard InChI is InChI=1S/C20H20O2/c21-19(22)17-9-11-18(12-10-17)20(13-5-2-6-14-20)15-16-7-3-1-4-8-16/h1-5,7-12H,6,13-15H2,(H,21,22). The van der Waals surface area contributed by atoms with Crippen molar-refractivity contribution < 1.29 is 9.90 Å². The van der Waals surface area contributed by atoms with Gasteiger partial charge in [0.2, 0.25) is 0 Å². The lowest BCUT2D eigenvalue weighted by Crippen LogP contribution is -2.30. The van der Waals surface area contributed by atoms with Crippen LogP contribution >= 0.6 is 0 Å². The molecule has 1 aliphatic rings. The molecule has 0 aromatic heterocycles. The molecular formula is C20H20O2. The molecule has 0 bridgehead atoms. The van der Waals surface area contributed by atoms with E-state index in [-0.39, 0.29) is 5.41 Å². The number of benzene rings is 2. The van der Waals surface area contributed by atoms with Gasteiger partial charge in [-0.15, -0.1) is 0 Å². The monoisotopic (exact) mass is 292 g/mol. The van der Waals surface area contributed by atoms with Crippen LogP contribution in [0, 0.1) is 0 Å². The smallest absolute Gasteiger partial charge is 0.335 e. The molecule has 1 unspecified atom stereocenters. The summed E-state index contributed by atoms with van der Waals surface area (Å²) in [5.41, 5.74) is 3.00. The number of aromatic carboxylic acids is 1. The Hall–Kier alpha value is -2.35. The zero-order valence-corrected chi connectivity index (χ0v) is 12.5. The topological polar surface area (TPSA) is 37.3 Å². The molecule has 2 aromatic rings. The number of carboxylic acids is 1. The van der Waals surface area contributed by atoms with E-state index in [2.05, 4.69) is 36.4 Å². The number of carbonyl (C=O) groups is 1. The number of rotatable bonds is 4. The third-order valence-corrected chi connectivity index (χ3v) is 4.59. The summed E-state index contributed by atoms with van der Waals surface area (Å²) < 4.78 is 0. The van der Waals surface area contributed by atoms with E-state index in [0.29, 0.717) is 5.56 Å². The predicted octanol–water partition coefficient (Wildman–Crippen LogP) is 4.61. The molecule has 22 heavy (non-hydrogen) atoms. The molecule has 0 aliphatic heterocycles. The summed E-state index contributed by atoms with van der Waals surface area (Å²) in [5, 5.41) is 9.07. The molecule has 0 heterocycles. The first-order chi connectivity index (χ1) is 10.7. The summed E-state index contributed by atoms with van der Waals surface area (Å²) in [5.74, 6) is -0.868. The average molecular weight is 292 g/mol. The molecule has 0 saturated carbocycles. The van der Waals surface area contributed by atoms with E-state index in [0.717, 1.165) is 25.7 Å². The van der Waals surface area contributed by atoms with Gasteiger partial charge >= 0.3 is 5.97 Å². The molecule has 112 valence electrons. The maximum Gasteiger partial charge on any atom is 0.335 e. The summed E-state index contributed by atoms with van der Waals surface area (Å²) in [6, 6.07) is 18.0. The summed E-state index contributed by atoms with van der Waals surface area (Å²) in [6.07, 6.45) is 8.68. The van der Waals surface area contributed by atoms with Crippen molar-refractivity contribution in [2.75, 3.05) is 0 Å². The van der Waals surface area contributed by atoms with Crippen LogP contribution in [0.2, 0.25) is 0 Å². The van der Waals surface area contributed by atoms with Gasteiger partial charge in [0.1, 0.15) is 0 Å². The summed E-state index contributed by atoms with van der Waals surface area (Å²) in [4.78, 5) is 11.0. The van der Waals surface area contributed by atoms with Crippen molar-refractivity contribution in [2.24, 2.45) is 0 Å². The van der Waals surface area contributed by atoms with Crippen molar-refractivity contribution in [3.63, 3.8) is 0 Å². The minimum absolute atomic E-state index is 0.0765. The summed E-state index contributed by atoms with van der Waals surface area (Å²) in [7, 11) is 0. The van der Waals surface area contributed by atoms with Crippen LogP contribution in [0.25, 0.3) is 0 Å². The summed E-state index contributed by atoms with van der Waals surface area (Å²) >= 11 is 0. The van der Waals surface area contributed by atoms with E-state index in [1.165, 1.54) is 11.1 Å². The van der Waals surface area contributed by atoms with Crippen molar-refractivity contribution in [2.45, 2.75) is 31.1 Å². The molecule has 0 fully saturated rings. The molecule has 2 nitrogen and oxygen atoms in total. The molecule has 1 atom stereocenters. The number of hydrogen-bond donors (Lipinski definition) is 1. The Bertz CT molecular complexity index is 671. The Morgan fingerprint density at radius 3 is 2.32 bits per heavy atom. The fourth-order valence-corrected chi connectivity index (χ4v) is 3.37. The van der Waals surface area contributed by atoms with E-state index in [4.69, 9.17) is 5.11 Å². The first kappa shape index (κ1) is 14.6. The van der Waals surface area contributed by atoms with Crippen LogP contribution in [0.15, 0.2) is 66.7 Å². The minimum Gasteiger partial charge on any atom is -0.478 e.